The predicted octanol–water partition coefficient (Wildman–Crippen LogP) is 1.23. The molecule has 3 heterocycles. The van der Waals surface area contributed by atoms with E-state index in [4.69, 9.17) is 9.26 Å². The van der Waals surface area contributed by atoms with Crippen LogP contribution in [0.25, 0.3) is 0 Å². The fourth-order valence-electron chi connectivity index (χ4n) is 3.33. The number of carbonyl (C=O) groups is 1. The van der Waals surface area contributed by atoms with Crippen molar-refractivity contribution in [2.75, 3.05) is 39.4 Å². The number of carbonyl (C=O) groups excluding carboxylic acids is 1. The number of hydrogen-bond donors (Lipinski definition) is 0. The Morgan fingerprint density at radius 2 is 2.17 bits per heavy atom. The number of hydrogen-bond acceptors (Lipinski definition) is 6. The Balaban J connectivity index is 1.46. The van der Waals surface area contributed by atoms with Crippen LogP contribution in [0.1, 0.15) is 37.4 Å². The molecule has 2 aliphatic rings. The summed E-state index contributed by atoms with van der Waals surface area (Å²) >= 11 is 0. The van der Waals surface area contributed by atoms with Crippen molar-refractivity contribution in [3.63, 3.8) is 0 Å². The molecule has 1 aromatic rings. The molecule has 23 heavy (non-hydrogen) atoms. The van der Waals surface area contributed by atoms with Gasteiger partial charge >= 0.3 is 0 Å². The molecule has 7 heteroatoms. The lowest BCUT2D eigenvalue weighted by molar-refractivity contribution is -0.133. The maximum absolute atomic E-state index is 12.5. The van der Waals surface area contributed by atoms with E-state index in [1.165, 1.54) is 0 Å². The van der Waals surface area contributed by atoms with E-state index in [2.05, 4.69) is 15.0 Å². The zero-order valence-electron chi connectivity index (χ0n) is 13.9. The van der Waals surface area contributed by atoms with Crippen molar-refractivity contribution in [3.8, 4) is 0 Å². The molecule has 1 amide bonds. The second-order valence-corrected chi connectivity index (χ2v) is 6.53. The van der Waals surface area contributed by atoms with Gasteiger partial charge in [-0.3, -0.25) is 9.69 Å². The van der Waals surface area contributed by atoms with E-state index >= 15 is 0 Å². The average Bonchev–Trinajstić information content (AvgIpc) is 2.82. The van der Waals surface area contributed by atoms with E-state index in [-0.39, 0.29) is 5.91 Å². The van der Waals surface area contributed by atoms with Crippen LogP contribution in [-0.2, 0) is 16.1 Å². The van der Waals surface area contributed by atoms with Gasteiger partial charge < -0.3 is 14.2 Å². The van der Waals surface area contributed by atoms with Gasteiger partial charge in [0.1, 0.15) is 0 Å². The summed E-state index contributed by atoms with van der Waals surface area (Å²) in [4.78, 5) is 21.1. The van der Waals surface area contributed by atoms with E-state index in [0.29, 0.717) is 24.8 Å². The third kappa shape index (κ3) is 4.75. The van der Waals surface area contributed by atoms with E-state index < -0.39 is 0 Å². The highest BCUT2D eigenvalue weighted by molar-refractivity contribution is 5.76. The second-order valence-electron chi connectivity index (χ2n) is 6.53. The van der Waals surface area contributed by atoms with E-state index in [1.54, 1.807) is 6.92 Å². The van der Waals surface area contributed by atoms with Crippen molar-refractivity contribution in [3.05, 3.63) is 11.7 Å². The van der Waals surface area contributed by atoms with Crippen LogP contribution >= 0.6 is 0 Å². The molecule has 0 N–H and O–H groups in total. The van der Waals surface area contributed by atoms with E-state index in [1.807, 2.05) is 4.90 Å². The number of ether oxygens (including phenoxy) is 1. The summed E-state index contributed by atoms with van der Waals surface area (Å²) < 4.78 is 10.5. The van der Waals surface area contributed by atoms with Gasteiger partial charge in [0.05, 0.1) is 6.54 Å². The van der Waals surface area contributed by atoms with Gasteiger partial charge in [0.15, 0.2) is 5.82 Å². The highest BCUT2D eigenvalue weighted by Crippen LogP contribution is 2.19. The third-order valence-corrected chi connectivity index (χ3v) is 4.59. The first-order valence-electron chi connectivity index (χ1n) is 8.58. The summed E-state index contributed by atoms with van der Waals surface area (Å²) in [6.45, 7) is 7.52. The van der Waals surface area contributed by atoms with Crippen LogP contribution in [0, 0.1) is 12.8 Å². The van der Waals surface area contributed by atoms with Crippen molar-refractivity contribution in [2.45, 2.75) is 39.2 Å². The van der Waals surface area contributed by atoms with E-state index in [0.717, 1.165) is 64.5 Å². The molecule has 0 bridgehead atoms. The second kappa shape index (κ2) is 7.88. The van der Waals surface area contributed by atoms with Crippen LogP contribution in [-0.4, -0.2) is 65.2 Å². The smallest absolute Gasteiger partial charge is 0.223 e. The number of aryl methyl sites for hydroxylation is 1. The van der Waals surface area contributed by atoms with Crippen LogP contribution in [0.3, 0.4) is 0 Å². The van der Waals surface area contributed by atoms with Crippen LogP contribution < -0.4 is 0 Å². The molecule has 0 aromatic carbocycles. The van der Waals surface area contributed by atoms with Crippen molar-refractivity contribution >= 4 is 5.91 Å². The summed E-state index contributed by atoms with van der Waals surface area (Å²) in [6, 6.07) is 0. The molecule has 7 nitrogen and oxygen atoms in total. The summed E-state index contributed by atoms with van der Waals surface area (Å²) in [7, 11) is 0. The molecule has 0 aliphatic carbocycles. The fourth-order valence-corrected chi connectivity index (χ4v) is 3.33. The zero-order valence-corrected chi connectivity index (χ0v) is 13.9. The molecular weight excluding hydrogens is 296 g/mol. The summed E-state index contributed by atoms with van der Waals surface area (Å²) in [5, 5.41) is 3.95. The Hall–Kier alpha value is -1.47. The number of nitrogens with zero attached hydrogens (tertiary/aromatic N) is 4. The topological polar surface area (TPSA) is 71.7 Å². The number of rotatable bonds is 4. The zero-order chi connectivity index (χ0) is 16.1. The summed E-state index contributed by atoms with van der Waals surface area (Å²) in [6.07, 6.45) is 3.81. The van der Waals surface area contributed by atoms with Gasteiger partial charge in [-0.05, 0) is 25.2 Å². The molecule has 1 unspecified atom stereocenters. The molecule has 0 spiro atoms. The molecular formula is C16H26N4O3. The van der Waals surface area contributed by atoms with Crippen molar-refractivity contribution in [1.82, 2.24) is 19.9 Å². The van der Waals surface area contributed by atoms with Crippen LogP contribution in [0.2, 0.25) is 0 Å². The largest absolute Gasteiger partial charge is 0.381 e. The van der Waals surface area contributed by atoms with Gasteiger partial charge in [0.2, 0.25) is 11.8 Å². The van der Waals surface area contributed by atoms with Crippen LogP contribution in [0.5, 0.6) is 0 Å². The number of aromatic nitrogens is 2. The lowest BCUT2D eigenvalue weighted by Crippen LogP contribution is -2.37. The summed E-state index contributed by atoms with van der Waals surface area (Å²) in [5.41, 5.74) is 0. The highest BCUT2D eigenvalue weighted by atomic mass is 16.5. The Kier molecular flexibility index (Phi) is 5.61. The molecule has 1 aromatic heterocycles. The Bertz CT molecular complexity index is 513. The normalized spacial score (nSPS) is 23.7. The molecule has 128 valence electrons. The maximum atomic E-state index is 12.5. The first kappa shape index (κ1) is 16.4. The standard InChI is InChI=1S/C16H26N4O3/c1-13-17-15(18-23-13)11-19-5-3-6-20(8-7-19)16(21)10-14-4-2-9-22-12-14/h14H,2-12H2,1H3. The van der Waals surface area contributed by atoms with Gasteiger partial charge in [-0.2, -0.15) is 4.98 Å². The monoisotopic (exact) mass is 322 g/mol. The fraction of sp³-hybridized carbons (Fsp3) is 0.812. The van der Waals surface area contributed by atoms with E-state index in [9.17, 15) is 4.79 Å². The van der Waals surface area contributed by atoms with Gasteiger partial charge in [0.25, 0.3) is 0 Å². The Labute approximate surface area is 137 Å². The molecule has 2 saturated heterocycles. The lowest BCUT2D eigenvalue weighted by atomic mass is 9.98. The van der Waals surface area contributed by atoms with Gasteiger partial charge in [-0.1, -0.05) is 5.16 Å². The average molecular weight is 322 g/mol. The highest BCUT2D eigenvalue weighted by Gasteiger charge is 2.24. The minimum absolute atomic E-state index is 0.276. The van der Waals surface area contributed by atoms with Crippen LogP contribution in [0.15, 0.2) is 4.52 Å². The third-order valence-electron chi connectivity index (χ3n) is 4.59. The predicted molar refractivity (Wildman–Crippen MR) is 83.7 cm³/mol. The molecule has 0 radical (unpaired) electrons. The molecule has 0 saturated carbocycles. The summed E-state index contributed by atoms with van der Waals surface area (Å²) in [5.74, 6) is 2.00. The Morgan fingerprint density at radius 3 is 2.91 bits per heavy atom. The lowest BCUT2D eigenvalue weighted by Gasteiger charge is -2.26. The van der Waals surface area contributed by atoms with Crippen molar-refractivity contribution in [1.29, 1.82) is 0 Å². The van der Waals surface area contributed by atoms with Crippen molar-refractivity contribution in [2.24, 2.45) is 5.92 Å². The molecule has 2 fully saturated rings. The SMILES string of the molecule is Cc1nc(CN2CCCN(C(=O)CC3CCCOC3)CC2)no1. The minimum atomic E-state index is 0.276. The first-order valence-corrected chi connectivity index (χ1v) is 8.58. The quantitative estimate of drug-likeness (QED) is 0.830. The van der Waals surface area contributed by atoms with Gasteiger partial charge in [-0.25, -0.2) is 0 Å². The van der Waals surface area contributed by atoms with Gasteiger partial charge in [0, 0.05) is 52.7 Å². The minimum Gasteiger partial charge on any atom is -0.381 e. The number of amides is 1. The van der Waals surface area contributed by atoms with Crippen LogP contribution in [0.4, 0.5) is 0 Å². The maximum Gasteiger partial charge on any atom is 0.223 e. The molecule has 3 rings (SSSR count). The van der Waals surface area contributed by atoms with Gasteiger partial charge in [-0.15, -0.1) is 0 Å². The van der Waals surface area contributed by atoms with Crippen molar-refractivity contribution < 1.29 is 14.1 Å². The first-order chi connectivity index (χ1) is 11.2. The Morgan fingerprint density at radius 1 is 1.26 bits per heavy atom. The molecule has 1 atom stereocenters. The molecule has 2 aliphatic heterocycles.